The molecule has 0 bridgehead atoms. The molecule has 0 radical (unpaired) electrons. The van der Waals surface area contributed by atoms with Crippen LogP contribution in [0.2, 0.25) is 0 Å². The van der Waals surface area contributed by atoms with Crippen molar-refractivity contribution in [2.75, 3.05) is 13.2 Å². The number of para-hydroxylation sites is 1. The zero-order chi connectivity index (χ0) is 15.8. The van der Waals surface area contributed by atoms with Crippen LogP contribution >= 0.6 is 0 Å². The summed E-state index contributed by atoms with van der Waals surface area (Å²) in [7, 11) is 0. The highest BCUT2D eigenvalue weighted by Gasteiger charge is 2.22. The molecular formula is C16H21NO4. The van der Waals surface area contributed by atoms with Gasteiger partial charge in [-0.05, 0) is 18.1 Å². The van der Waals surface area contributed by atoms with Gasteiger partial charge < -0.3 is 15.2 Å². The molecule has 1 aromatic carbocycles. The minimum Gasteiger partial charge on any atom is -0.489 e. The smallest absolute Gasteiger partial charge is 0.308 e. The van der Waals surface area contributed by atoms with Crippen LogP contribution in [0, 0.1) is 11.8 Å². The number of nitrogens with one attached hydrogen (secondary N) is 1. The molecule has 5 nitrogen and oxygen atoms in total. The van der Waals surface area contributed by atoms with E-state index in [-0.39, 0.29) is 18.4 Å². The van der Waals surface area contributed by atoms with Crippen molar-refractivity contribution in [3.8, 4) is 5.75 Å². The Morgan fingerprint density at radius 2 is 2.05 bits per heavy atom. The molecule has 0 aromatic heterocycles. The summed E-state index contributed by atoms with van der Waals surface area (Å²) in [6, 6.07) is 6.82. The number of amides is 1. The fourth-order valence-corrected chi connectivity index (χ4v) is 1.83. The molecule has 0 saturated carbocycles. The first-order chi connectivity index (χ1) is 9.97. The van der Waals surface area contributed by atoms with Crippen molar-refractivity contribution in [2.45, 2.75) is 13.8 Å². The highest BCUT2D eigenvalue weighted by Crippen LogP contribution is 2.18. The summed E-state index contributed by atoms with van der Waals surface area (Å²) in [6.07, 6.45) is 1.59. The standard InChI is InChI=1S/C16H21NO4/c1-4-9-21-14-8-6-5-7-12(14)15(18)17-10-13(11(2)3)16(19)20/h4-8,11,13H,1,9-10H2,2-3H3,(H,17,18)(H,19,20). The van der Waals surface area contributed by atoms with Gasteiger partial charge in [0.05, 0.1) is 11.5 Å². The second-order valence-corrected chi connectivity index (χ2v) is 4.99. The predicted octanol–water partition coefficient (Wildman–Crippen LogP) is 2.34. The molecule has 1 amide bonds. The van der Waals surface area contributed by atoms with E-state index in [2.05, 4.69) is 11.9 Å². The number of carboxylic acids is 1. The Kier molecular flexibility index (Phi) is 6.46. The van der Waals surface area contributed by atoms with E-state index < -0.39 is 11.9 Å². The number of aliphatic carboxylic acids is 1. The van der Waals surface area contributed by atoms with Gasteiger partial charge in [0, 0.05) is 6.54 Å². The average molecular weight is 291 g/mol. The maximum Gasteiger partial charge on any atom is 0.308 e. The van der Waals surface area contributed by atoms with Gasteiger partial charge in [-0.15, -0.1) is 0 Å². The third-order valence-corrected chi connectivity index (χ3v) is 3.09. The first-order valence-corrected chi connectivity index (χ1v) is 6.81. The van der Waals surface area contributed by atoms with Gasteiger partial charge in [0.25, 0.3) is 5.91 Å². The molecule has 114 valence electrons. The summed E-state index contributed by atoms with van der Waals surface area (Å²) in [5.74, 6) is -1.49. The summed E-state index contributed by atoms with van der Waals surface area (Å²) in [4.78, 5) is 23.3. The van der Waals surface area contributed by atoms with Gasteiger partial charge in [0.2, 0.25) is 0 Å². The van der Waals surface area contributed by atoms with E-state index in [9.17, 15) is 9.59 Å². The maximum atomic E-state index is 12.2. The van der Waals surface area contributed by atoms with E-state index in [0.717, 1.165) is 0 Å². The van der Waals surface area contributed by atoms with Gasteiger partial charge in [-0.1, -0.05) is 38.6 Å². The largest absolute Gasteiger partial charge is 0.489 e. The quantitative estimate of drug-likeness (QED) is 0.721. The van der Waals surface area contributed by atoms with Crippen LogP contribution in [0.1, 0.15) is 24.2 Å². The topological polar surface area (TPSA) is 75.6 Å². The first-order valence-electron chi connectivity index (χ1n) is 6.81. The number of carboxylic acid groups (broad SMARTS) is 1. The summed E-state index contributed by atoms with van der Waals surface area (Å²) in [6.45, 7) is 7.57. The summed E-state index contributed by atoms with van der Waals surface area (Å²) >= 11 is 0. The number of ether oxygens (including phenoxy) is 1. The molecule has 0 saturated heterocycles. The molecule has 0 spiro atoms. The maximum absolute atomic E-state index is 12.2. The van der Waals surface area contributed by atoms with Crippen LogP contribution < -0.4 is 10.1 Å². The van der Waals surface area contributed by atoms with Crippen molar-refractivity contribution >= 4 is 11.9 Å². The van der Waals surface area contributed by atoms with E-state index in [1.54, 1.807) is 30.3 Å². The Morgan fingerprint density at radius 3 is 2.62 bits per heavy atom. The minimum atomic E-state index is -0.915. The summed E-state index contributed by atoms with van der Waals surface area (Å²) in [5, 5.41) is 11.8. The fraction of sp³-hybridized carbons (Fsp3) is 0.375. The van der Waals surface area contributed by atoms with Gasteiger partial charge in [0.1, 0.15) is 12.4 Å². The first kappa shape index (κ1) is 16.8. The number of hydrogen-bond donors (Lipinski definition) is 2. The molecule has 0 fully saturated rings. The van der Waals surface area contributed by atoms with Crippen LogP contribution in [0.4, 0.5) is 0 Å². The van der Waals surface area contributed by atoms with Crippen molar-refractivity contribution in [3.05, 3.63) is 42.5 Å². The lowest BCUT2D eigenvalue weighted by atomic mass is 9.96. The number of benzene rings is 1. The highest BCUT2D eigenvalue weighted by molar-refractivity contribution is 5.97. The SMILES string of the molecule is C=CCOc1ccccc1C(=O)NCC(C(=O)O)C(C)C. The third-order valence-electron chi connectivity index (χ3n) is 3.09. The number of hydrogen-bond acceptors (Lipinski definition) is 3. The molecule has 2 N–H and O–H groups in total. The summed E-state index contributed by atoms with van der Waals surface area (Å²) in [5.41, 5.74) is 0.382. The van der Waals surface area contributed by atoms with E-state index >= 15 is 0 Å². The number of carbonyl (C=O) groups is 2. The number of rotatable bonds is 8. The molecule has 0 aliphatic rings. The number of carbonyl (C=O) groups excluding carboxylic acids is 1. The molecule has 1 aromatic rings. The van der Waals surface area contributed by atoms with Crippen LogP contribution in [-0.2, 0) is 4.79 Å². The highest BCUT2D eigenvalue weighted by atomic mass is 16.5. The van der Waals surface area contributed by atoms with E-state index in [4.69, 9.17) is 9.84 Å². The normalized spacial score (nSPS) is 11.8. The summed E-state index contributed by atoms with van der Waals surface area (Å²) < 4.78 is 5.41. The lowest BCUT2D eigenvalue weighted by molar-refractivity contribution is -0.142. The Labute approximate surface area is 124 Å². The van der Waals surface area contributed by atoms with Crippen LogP contribution in [-0.4, -0.2) is 30.1 Å². The van der Waals surface area contributed by atoms with Crippen molar-refractivity contribution in [1.29, 1.82) is 0 Å². The second kappa shape index (κ2) is 8.09. The fourth-order valence-electron chi connectivity index (χ4n) is 1.83. The molecule has 0 aliphatic heterocycles. The molecule has 5 heteroatoms. The monoisotopic (exact) mass is 291 g/mol. The lowest BCUT2D eigenvalue weighted by Crippen LogP contribution is -2.35. The Balaban J connectivity index is 2.75. The predicted molar refractivity (Wildman–Crippen MR) is 80.4 cm³/mol. The van der Waals surface area contributed by atoms with Crippen LogP contribution in [0.15, 0.2) is 36.9 Å². The van der Waals surface area contributed by atoms with E-state index in [0.29, 0.717) is 17.9 Å². The van der Waals surface area contributed by atoms with Gasteiger partial charge in [0.15, 0.2) is 0 Å². The van der Waals surface area contributed by atoms with Crippen molar-refractivity contribution in [2.24, 2.45) is 11.8 Å². The molecule has 1 unspecified atom stereocenters. The van der Waals surface area contributed by atoms with Crippen molar-refractivity contribution < 1.29 is 19.4 Å². The average Bonchev–Trinajstić information content (AvgIpc) is 2.44. The molecule has 1 atom stereocenters. The van der Waals surface area contributed by atoms with Crippen molar-refractivity contribution in [3.63, 3.8) is 0 Å². The second-order valence-electron chi connectivity index (χ2n) is 4.99. The van der Waals surface area contributed by atoms with Crippen LogP contribution in [0.3, 0.4) is 0 Å². The van der Waals surface area contributed by atoms with Gasteiger partial charge >= 0.3 is 5.97 Å². The third kappa shape index (κ3) is 4.95. The van der Waals surface area contributed by atoms with Crippen LogP contribution in [0.5, 0.6) is 5.75 Å². The Hall–Kier alpha value is -2.30. The molecule has 21 heavy (non-hydrogen) atoms. The van der Waals surface area contributed by atoms with Gasteiger partial charge in [-0.3, -0.25) is 9.59 Å². The molecular weight excluding hydrogens is 270 g/mol. The van der Waals surface area contributed by atoms with Crippen molar-refractivity contribution in [1.82, 2.24) is 5.32 Å². The Bertz CT molecular complexity index is 511. The minimum absolute atomic E-state index is 0.0601. The van der Waals surface area contributed by atoms with Gasteiger partial charge in [-0.25, -0.2) is 0 Å². The zero-order valence-electron chi connectivity index (χ0n) is 12.3. The molecule has 1 rings (SSSR count). The van der Waals surface area contributed by atoms with Crippen LogP contribution in [0.25, 0.3) is 0 Å². The Morgan fingerprint density at radius 1 is 1.38 bits per heavy atom. The molecule has 0 heterocycles. The zero-order valence-corrected chi connectivity index (χ0v) is 12.3. The lowest BCUT2D eigenvalue weighted by Gasteiger charge is -2.17. The van der Waals surface area contributed by atoms with E-state index in [1.807, 2.05) is 13.8 Å². The molecule has 0 aliphatic carbocycles. The van der Waals surface area contributed by atoms with Gasteiger partial charge in [-0.2, -0.15) is 0 Å². The van der Waals surface area contributed by atoms with E-state index in [1.165, 1.54) is 0 Å².